The summed E-state index contributed by atoms with van der Waals surface area (Å²) in [6.45, 7) is 1.21. The minimum atomic E-state index is -0.731. The number of ketones is 1. The third kappa shape index (κ3) is 2.10. The molecule has 0 aromatic heterocycles. The summed E-state index contributed by atoms with van der Waals surface area (Å²) in [7, 11) is 0. The molecule has 6 heteroatoms. The van der Waals surface area contributed by atoms with Crippen molar-refractivity contribution >= 4 is 33.7 Å². The standard InChI is InChI=1S/C9H6BrNO4/c1-5(13)8-7(10)3-2-6(4-12)9(8)11(14)15/h2-4H,1H3. The topological polar surface area (TPSA) is 77.3 Å². The molecule has 0 radical (unpaired) electrons. The lowest BCUT2D eigenvalue weighted by molar-refractivity contribution is -0.385. The van der Waals surface area contributed by atoms with Gasteiger partial charge < -0.3 is 0 Å². The quantitative estimate of drug-likeness (QED) is 0.366. The number of nitrogens with zero attached hydrogens (tertiary/aromatic N) is 1. The summed E-state index contributed by atoms with van der Waals surface area (Å²) in [5.74, 6) is -0.461. The zero-order valence-electron chi connectivity index (χ0n) is 7.69. The number of nitro groups is 1. The first-order valence-electron chi connectivity index (χ1n) is 3.92. The van der Waals surface area contributed by atoms with E-state index < -0.39 is 16.4 Å². The first-order valence-corrected chi connectivity index (χ1v) is 4.71. The van der Waals surface area contributed by atoms with Gasteiger partial charge in [-0.25, -0.2) is 0 Å². The van der Waals surface area contributed by atoms with Gasteiger partial charge in [0.1, 0.15) is 5.56 Å². The van der Waals surface area contributed by atoms with E-state index in [-0.39, 0.29) is 11.1 Å². The van der Waals surface area contributed by atoms with Crippen LogP contribution in [0.4, 0.5) is 5.69 Å². The third-order valence-electron chi connectivity index (χ3n) is 1.82. The van der Waals surface area contributed by atoms with Gasteiger partial charge in [0.25, 0.3) is 5.69 Å². The van der Waals surface area contributed by atoms with Crippen LogP contribution < -0.4 is 0 Å². The lowest BCUT2D eigenvalue weighted by atomic mass is 10.1. The lowest BCUT2D eigenvalue weighted by Crippen LogP contribution is -2.04. The number of aldehydes is 1. The average molecular weight is 272 g/mol. The van der Waals surface area contributed by atoms with Gasteiger partial charge in [0.05, 0.1) is 10.5 Å². The molecule has 0 bridgehead atoms. The van der Waals surface area contributed by atoms with Gasteiger partial charge in [0.2, 0.25) is 0 Å². The van der Waals surface area contributed by atoms with E-state index in [4.69, 9.17) is 0 Å². The third-order valence-corrected chi connectivity index (χ3v) is 2.48. The van der Waals surface area contributed by atoms with E-state index in [0.29, 0.717) is 10.8 Å². The number of nitro benzene ring substituents is 1. The fourth-order valence-corrected chi connectivity index (χ4v) is 1.81. The van der Waals surface area contributed by atoms with E-state index in [2.05, 4.69) is 15.9 Å². The van der Waals surface area contributed by atoms with Crippen molar-refractivity contribution in [2.45, 2.75) is 6.92 Å². The molecule has 15 heavy (non-hydrogen) atoms. The Morgan fingerprint density at radius 1 is 1.53 bits per heavy atom. The van der Waals surface area contributed by atoms with Crippen molar-refractivity contribution in [3.63, 3.8) is 0 Å². The van der Waals surface area contributed by atoms with Crippen molar-refractivity contribution in [3.8, 4) is 0 Å². The van der Waals surface area contributed by atoms with Crippen molar-refractivity contribution < 1.29 is 14.5 Å². The van der Waals surface area contributed by atoms with Crippen molar-refractivity contribution in [2.24, 2.45) is 0 Å². The maximum Gasteiger partial charge on any atom is 0.291 e. The molecule has 78 valence electrons. The highest BCUT2D eigenvalue weighted by Gasteiger charge is 2.24. The number of hydrogen-bond acceptors (Lipinski definition) is 4. The van der Waals surface area contributed by atoms with Crippen molar-refractivity contribution in [1.29, 1.82) is 0 Å². The maximum absolute atomic E-state index is 11.2. The molecule has 0 fully saturated rings. The van der Waals surface area contributed by atoms with E-state index in [9.17, 15) is 19.7 Å². The Kier molecular flexibility index (Phi) is 3.31. The Morgan fingerprint density at radius 2 is 2.13 bits per heavy atom. The second-order valence-electron chi connectivity index (χ2n) is 2.79. The number of carbonyl (C=O) groups excluding carboxylic acids is 2. The predicted octanol–water partition coefficient (Wildman–Crippen LogP) is 2.37. The second kappa shape index (κ2) is 4.31. The Labute approximate surface area is 93.4 Å². The van der Waals surface area contributed by atoms with Crippen LogP contribution in [0.3, 0.4) is 0 Å². The van der Waals surface area contributed by atoms with Crippen LogP contribution in [0.1, 0.15) is 27.6 Å². The molecule has 0 saturated heterocycles. The van der Waals surface area contributed by atoms with E-state index in [1.54, 1.807) is 0 Å². The zero-order chi connectivity index (χ0) is 11.6. The average Bonchev–Trinajstić information content (AvgIpc) is 2.16. The molecule has 0 spiro atoms. The van der Waals surface area contributed by atoms with Gasteiger partial charge in [0.15, 0.2) is 12.1 Å². The normalized spacial score (nSPS) is 9.73. The highest BCUT2D eigenvalue weighted by atomic mass is 79.9. The van der Waals surface area contributed by atoms with Gasteiger partial charge in [-0.1, -0.05) is 0 Å². The number of Topliss-reactive ketones (excluding diaryl/α,β-unsaturated/α-hetero) is 1. The van der Waals surface area contributed by atoms with Gasteiger partial charge in [-0.2, -0.15) is 0 Å². The zero-order valence-corrected chi connectivity index (χ0v) is 9.28. The Hall–Kier alpha value is -1.56. The number of halogens is 1. The first kappa shape index (κ1) is 11.5. The molecule has 1 aromatic rings. The van der Waals surface area contributed by atoms with Crippen LogP contribution in [0.15, 0.2) is 16.6 Å². The molecule has 0 atom stereocenters. The summed E-state index contributed by atoms with van der Waals surface area (Å²) in [5, 5.41) is 10.7. The molecule has 0 unspecified atom stereocenters. The van der Waals surface area contributed by atoms with Crippen LogP contribution in [0.2, 0.25) is 0 Å². The van der Waals surface area contributed by atoms with Crippen molar-refractivity contribution in [2.75, 3.05) is 0 Å². The van der Waals surface area contributed by atoms with Gasteiger partial charge in [-0.15, -0.1) is 0 Å². The van der Waals surface area contributed by atoms with E-state index in [0.717, 1.165) is 0 Å². The SMILES string of the molecule is CC(=O)c1c(Br)ccc(C=O)c1[N+](=O)[O-]. The molecule has 1 rings (SSSR count). The van der Waals surface area contributed by atoms with Crippen LogP contribution in [-0.2, 0) is 0 Å². The summed E-state index contributed by atoms with van der Waals surface area (Å²) in [6, 6.07) is 2.73. The summed E-state index contributed by atoms with van der Waals surface area (Å²) in [4.78, 5) is 31.8. The van der Waals surface area contributed by atoms with Crippen molar-refractivity contribution in [1.82, 2.24) is 0 Å². The van der Waals surface area contributed by atoms with E-state index in [1.807, 2.05) is 0 Å². The number of carbonyl (C=O) groups is 2. The summed E-state index contributed by atoms with van der Waals surface area (Å²) in [5.41, 5.74) is -0.634. The van der Waals surface area contributed by atoms with Gasteiger partial charge in [0, 0.05) is 4.47 Å². The number of hydrogen-bond donors (Lipinski definition) is 0. The van der Waals surface area contributed by atoms with Crippen LogP contribution in [0.5, 0.6) is 0 Å². The molecule has 0 heterocycles. The number of benzene rings is 1. The summed E-state index contributed by atoms with van der Waals surface area (Å²) in [6.07, 6.45) is 0.358. The number of rotatable bonds is 3. The molecule has 1 aromatic carbocycles. The second-order valence-corrected chi connectivity index (χ2v) is 3.65. The Morgan fingerprint density at radius 3 is 2.53 bits per heavy atom. The minimum Gasteiger partial charge on any atom is -0.298 e. The van der Waals surface area contributed by atoms with Gasteiger partial charge >= 0.3 is 0 Å². The molecule has 0 saturated carbocycles. The smallest absolute Gasteiger partial charge is 0.291 e. The highest BCUT2D eigenvalue weighted by Crippen LogP contribution is 2.30. The van der Waals surface area contributed by atoms with Gasteiger partial charge in [-0.05, 0) is 35.0 Å². The molecular formula is C9H6BrNO4. The monoisotopic (exact) mass is 271 g/mol. The molecule has 0 aliphatic rings. The largest absolute Gasteiger partial charge is 0.298 e. The van der Waals surface area contributed by atoms with Crippen LogP contribution >= 0.6 is 15.9 Å². The van der Waals surface area contributed by atoms with Crippen LogP contribution in [0, 0.1) is 10.1 Å². The van der Waals surface area contributed by atoms with Crippen LogP contribution in [-0.4, -0.2) is 17.0 Å². The molecule has 0 N–H and O–H groups in total. The molecule has 5 nitrogen and oxygen atoms in total. The fraction of sp³-hybridized carbons (Fsp3) is 0.111. The van der Waals surface area contributed by atoms with Gasteiger partial charge in [-0.3, -0.25) is 19.7 Å². The lowest BCUT2D eigenvalue weighted by Gasteiger charge is -2.03. The predicted molar refractivity (Wildman–Crippen MR) is 56.2 cm³/mol. The fourth-order valence-electron chi connectivity index (χ4n) is 1.21. The van der Waals surface area contributed by atoms with E-state index in [1.165, 1.54) is 19.1 Å². The molecule has 0 aliphatic carbocycles. The minimum absolute atomic E-state index is 0.0791. The van der Waals surface area contributed by atoms with Crippen molar-refractivity contribution in [3.05, 3.63) is 37.8 Å². The summed E-state index contributed by atoms with van der Waals surface area (Å²) < 4.78 is 0.312. The summed E-state index contributed by atoms with van der Waals surface area (Å²) >= 11 is 3.04. The molecule has 0 aliphatic heterocycles. The van der Waals surface area contributed by atoms with Crippen LogP contribution in [0.25, 0.3) is 0 Å². The maximum atomic E-state index is 11.2. The highest BCUT2D eigenvalue weighted by molar-refractivity contribution is 9.10. The molecule has 0 amide bonds. The molecular weight excluding hydrogens is 266 g/mol. The Balaban J connectivity index is 3.65. The van der Waals surface area contributed by atoms with E-state index >= 15 is 0 Å². The first-order chi connectivity index (χ1) is 6.99. The Bertz CT molecular complexity index is 456.